The van der Waals surface area contributed by atoms with Crippen LogP contribution in [0.1, 0.15) is 17.5 Å². The van der Waals surface area contributed by atoms with Crippen molar-refractivity contribution < 1.29 is 18.7 Å². The van der Waals surface area contributed by atoms with Crippen LogP contribution in [0.5, 0.6) is 0 Å². The number of rotatable bonds is 7. The molecule has 2 aromatic carbocycles. The number of nitrogens with zero attached hydrogens (tertiary/aromatic N) is 2. The molecule has 0 saturated carbocycles. The number of esters is 1. The molecule has 0 bridgehead atoms. The number of hydrogen-bond acceptors (Lipinski definition) is 4. The van der Waals surface area contributed by atoms with E-state index in [4.69, 9.17) is 33.2 Å². The van der Waals surface area contributed by atoms with E-state index >= 15 is 0 Å². The van der Waals surface area contributed by atoms with E-state index in [-0.39, 0.29) is 23.6 Å². The molecule has 0 aromatic heterocycles. The van der Waals surface area contributed by atoms with Crippen LogP contribution in [-0.2, 0) is 20.7 Å². The van der Waals surface area contributed by atoms with Crippen LogP contribution in [-0.4, -0.2) is 25.0 Å². The summed E-state index contributed by atoms with van der Waals surface area (Å²) in [6, 6.07) is 11.0. The molecule has 0 aliphatic heterocycles. The first kappa shape index (κ1) is 21.7. The molecule has 1 amide bonds. The summed E-state index contributed by atoms with van der Waals surface area (Å²) in [7, 11) is 0. The first-order valence-corrected chi connectivity index (χ1v) is 9.11. The highest BCUT2D eigenvalue weighted by Crippen LogP contribution is 2.23. The minimum Gasteiger partial charge on any atom is -0.455 e. The number of carbonyl (C=O) groups is 2. The zero-order valence-electron chi connectivity index (χ0n) is 15.0. The topological polar surface area (TPSA) is 70.4 Å². The van der Waals surface area contributed by atoms with Crippen LogP contribution in [0.3, 0.4) is 0 Å². The second-order valence-corrected chi connectivity index (χ2v) is 6.74. The van der Waals surface area contributed by atoms with Crippen molar-refractivity contribution in [1.29, 1.82) is 5.26 Å². The third-order valence-corrected chi connectivity index (χ3v) is 4.72. The molecule has 0 aliphatic carbocycles. The van der Waals surface area contributed by atoms with Gasteiger partial charge in [-0.15, -0.1) is 0 Å². The number of halogens is 3. The molecule has 8 heteroatoms. The molecule has 0 radical (unpaired) electrons. The Hall–Kier alpha value is -2.62. The predicted molar refractivity (Wildman–Crippen MR) is 105 cm³/mol. The highest BCUT2D eigenvalue weighted by atomic mass is 35.5. The highest BCUT2D eigenvalue weighted by Gasteiger charge is 2.19. The second-order valence-electron chi connectivity index (χ2n) is 5.92. The number of carbonyl (C=O) groups excluding carboxylic acids is 2. The fraction of sp³-hybridized carbons (Fsp3) is 0.250. The number of hydrogen-bond donors (Lipinski definition) is 0. The van der Waals surface area contributed by atoms with E-state index in [1.54, 1.807) is 25.1 Å². The monoisotopic (exact) mass is 422 g/mol. The molecule has 0 spiro atoms. The summed E-state index contributed by atoms with van der Waals surface area (Å²) >= 11 is 11.9. The van der Waals surface area contributed by atoms with Crippen molar-refractivity contribution in [2.75, 3.05) is 18.1 Å². The van der Waals surface area contributed by atoms with E-state index in [0.29, 0.717) is 10.7 Å². The van der Waals surface area contributed by atoms with E-state index in [9.17, 15) is 14.0 Å². The van der Waals surface area contributed by atoms with E-state index in [1.807, 2.05) is 6.07 Å². The van der Waals surface area contributed by atoms with Crippen LogP contribution in [0.2, 0.25) is 10.0 Å². The molecule has 0 heterocycles. The van der Waals surface area contributed by atoms with Gasteiger partial charge >= 0.3 is 5.97 Å². The Kier molecular flexibility index (Phi) is 7.80. The van der Waals surface area contributed by atoms with Gasteiger partial charge in [0.25, 0.3) is 5.91 Å². The van der Waals surface area contributed by atoms with Crippen LogP contribution in [0.4, 0.5) is 10.1 Å². The average Bonchev–Trinajstić information content (AvgIpc) is 2.66. The molecule has 5 nitrogen and oxygen atoms in total. The minimum absolute atomic E-state index is 0.0104. The third kappa shape index (κ3) is 5.69. The number of ether oxygens (including phenoxy) is 1. The summed E-state index contributed by atoms with van der Waals surface area (Å²) in [5, 5.41) is 9.49. The molecule has 28 heavy (non-hydrogen) atoms. The number of nitriles is 1. The summed E-state index contributed by atoms with van der Waals surface area (Å²) in [5.41, 5.74) is 1.31. The fourth-order valence-corrected chi connectivity index (χ4v) is 2.82. The van der Waals surface area contributed by atoms with Crippen LogP contribution < -0.4 is 4.90 Å². The summed E-state index contributed by atoms with van der Waals surface area (Å²) in [4.78, 5) is 25.9. The molecule has 0 N–H and O–H groups in total. The van der Waals surface area contributed by atoms with Crippen LogP contribution in [0, 0.1) is 24.1 Å². The smallest absolute Gasteiger partial charge is 0.310 e. The molecule has 0 aliphatic rings. The van der Waals surface area contributed by atoms with Gasteiger partial charge in [-0.05, 0) is 42.8 Å². The van der Waals surface area contributed by atoms with E-state index < -0.39 is 30.7 Å². The second kappa shape index (κ2) is 10.1. The first-order chi connectivity index (χ1) is 13.3. The summed E-state index contributed by atoms with van der Waals surface area (Å²) < 4.78 is 18.7. The van der Waals surface area contributed by atoms with Crippen LogP contribution in [0.15, 0.2) is 36.4 Å². The van der Waals surface area contributed by atoms with E-state index in [1.165, 1.54) is 23.1 Å². The molecule has 2 rings (SSSR count). The van der Waals surface area contributed by atoms with Gasteiger partial charge in [0.15, 0.2) is 6.61 Å². The maximum Gasteiger partial charge on any atom is 0.310 e. The summed E-state index contributed by atoms with van der Waals surface area (Å²) in [6.45, 7) is 1.38. The SMILES string of the molecule is Cc1cc(N(CCC#N)C(=O)COC(=O)Cc2c(F)cccc2Cl)ccc1Cl. The Morgan fingerprint density at radius 3 is 2.61 bits per heavy atom. The van der Waals surface area contributed by atoms with Crippen molar-refractivity contribution >= 4 is 40.8 Å². The molecule has 0 saturated heterocycles. The lowest BCUT2D eigenvalue weighted by atomic mass is 10.1. The maximum atomic E-state index is 13.8. The third-order valence-electron chi connectivity index (χ3n) is 3.94. The zero-order chi connectivity index (χ0) is 20.7. The molecule has 0 unspecified atom stereocenters. The van der Waals surface area contributed by atoms with Gasteiger partial charge in [0.05, 0.1) is 18.9 Å². The molecule has 0 fully saturated rings. The Bertz CT molecular complexity index is 908. The predicted octanol–water partition coefficient (Wildman–Crippen LogP) is 4.47. The van der Waals surface area contributed by atoms with Crippen LogP contribution in [0.25, 0.3) is 0 Å². The molecular weight excluding hydrogens is 406 g/mol. The van der Waals surface area contributed by atoms with Crippen molar-refractivity contribution in [2.45, 2.75) is 19.8 Å². The van der Waals surface area contributed by atoms with Gasteiger partial charge in [-0.2, -0.15) is 5.26 Å². The minimum atomic E-state index is -0.784. The Labute approximate surface area is 172 Å². The number of anilines is 1. The summed E-state index contributed by atoms with van der Waals surface area (Å²) in [6.07, 6.45) is -0.288. The first-order valence-electron chi connectivity index (χ1n) is 8.35. The van der Waals surface area contributed by atoms with Crippen molar-refractivity contribution in [1.82, 2.24) is 0 Å². The van der Waals surface area contributed by atoms with Gasteiger partial charge in [0.1, 0.15) is 5.82 Å². The van der Waals surface area contributed by atoms with Crippen molar-refractivity contribution in [3.63, 3.8) is 0 Å². The maximum absolute atomic E-state index is 13.8. The van der Waals surface area contributed by atoms with Gasteiger partial charge < -0.3 is 9.64 Å². The van der Waals surface area contributed by atoms with Gasteiger partial charge in [0, 0.05) is 27.8 Å². The summed E-state index contributed by atoms with van der Waals surface area (Å²) in [5.74, 6) is -1.92. The van der Waals surface area contributed by atoms with Gasteiger partial charge in [-0.25, -0.2) is 4.39 Å². The van der Waals surface area contributed by atoms with Crippen LogP contribution >= 0.6 is 23.2 Å². The quantitative estimate of drug-likeness (QED) is 0.616. The van der Waals surface area contributed by atoms with Gasteiger partial charge in [-0.3, -0.25) is 9.59 Å². The average molecular weight is 423 g/mol. The zero-order valence-corrected chi connectivity index (χ0v) is 16.6. The lowest BCUT2D eigenvalue weighted by Gasteiger charge is -2.22. The molecular formula is C20H17Cl2FN2O3. The Morgan fingerprint density at radius 1 is 1.21 bits per heavy atom. The van der Waals surface area contributed by atoms with Crippen molar-refractivity contribution in [2.24, 2.45) is 0 Å². The van der Waals surface area contributed by atoms with Gasteiger partial charge in [-0.1, -0.05) is 29.3 Å². The van der Waals surface area contributed by atoms with Crippen molar-refractivity contribution in [3.05, 3.63) is 63.4 Å². The lowest BCUT2D eigenvalue weighted by molar-refractivity contribution is -0.147. The normalized spacial score (nSPS) is 10.2. The molecule has 2 aromatic rings. The van der Waals surface area contributed by atoms with E-state index in [2.05, 4.69) is 0 Å². The molecule has 146 valence electrons. The number of benzene rings is 2. The van der Waals surface area contributed by atoms with Crippen molar-refractivity contribution in [3.8, 4) is 6.07 Å². The van der Waals surface area contributed by atoms with E-state index in [0.717, 1.165) is 5.56 Å². The number of aryl methyl sites for hydroxylation is 1. The van der Waals surface area contributed by atoms with Gasteiger partial charge in [0.2, 0.25) is 0 Å². The molecule has 0 atom stereocenters. The largest absolute Gasteiger partial charge is 0.455 e. The Morgan fingerprint density at radius 2 is 1.96 bits per heavy atom. The standard InChI is InChI=1S/C20H17Cl2FN2O3/c1-13-10-14(6-7-16(13)21)25(9-3-8-24)19(26)12-28-20(27)11-15-17(22)4-2-5-18(15)23/h2,4-7,10H,3,9,11-12H2,1H3. The highest BCUT2D eigenvalue weighted by molar-refractivity contribution is 6.31. The fourth-order valence-electron chi connectivity index (χ4n) is 2.47. The lowest BCUT2D eigenvalue weighted by Crippen LogP contribution is -2.35. The Balaban J connectivity index is 2.05. The number of amides is 1.